The molecule has 3 heteroatoms. The van der Waals surface area contributed by atoms with Gasteiger partial charge in [0, 0.05) is 20.3 Å². The number of hydrogen-bond donors (Lipinski definition) is 1. The summed E-state index contributed by atoms with van der Waals surface area (Å²) < 4.78 is 1.27. The molecule has 0 amide bonds. The van der Waals surface area contributed by atoms with Crippen LogP contribution in [0.4, 0.5) is 0 Å². The molecule has 16 heavy (non-hydrogen) atoms. The van der Waals surface area contributed by atoms with Crippen molar-refractivity contribution in [1.29, 1.82) is 0 Å². The molecule has 1 aromatic heterocycles. The van der Waals surface area contributed by atoms with Crippen molar-refractivity contribution in [3.8, 4) is 0 Å². The van der Waals surface area contributed by atoms with Gasteiger partial charge in [0.05, 0.1) is 0 Å². The predicted molar refractivity (Wildman–Crippen MR) is 75.1 cm³/mol. The highest BCUT2D eigenvalue weighted by atomic mass is 79.9. The molecule has 0 aliphatic heterocycles. The topological polar surface area (TPSA) is 12.0 Å². The van der Waals surface area contributed by atoms with Crippen LogP contribution in [-0.2, 0) is 0 Å². The van der Waals surface area contributed by atoms with Gasteiger partial charge in [0.1, 0.15) is 0 Å². The summed E-state index contributed by atoms with van der Waals surface area (Å²) in [4.78, 5) is 2.89. The summed E-state index contributed by atoms with van der Waals surface area (Å²) in [6.45, 7) is 5.44. The Morgan fingerprint density at radius 1 is 1.56 bits per heavy atom. The number of thiophene rings is 1. The molecule has 1 N–H and O–H groups in total. The standard InChI is InChI=1S/C13H20BrNS/c1-3-15-12(7-10-5-4-6-10)13-8-11(14)9(2)16-13/h8,10,12,15H,3-7H2,1-2H3. The zero-order valence-corrected chi connectivity index (χ0v) is 12.5. The Labute approximate surface area is 111 Å². The van der Waals surface area contributed by atoms with Crippen LogP contribution in [0.15, 0.2) is 10.5 Å². The molecule has 1 aromatic rings. The van der Waals surface area contributed by atoms with Crippen LogP contribution in [0.5, 0.6) is 0 Å². The SMILES string of the molecule is CCNC(CC1CCC1)c1cc(Br)c(C)s1. The van der Waals surface area contributed by atoms with Crippen molar-refractivity contribution in [1.82, 2.24) is 5.32 Å². The quantitative estimate of drug-likeness (QED) is 0.834. The lowest BCUT2D eigenvalue weighted by molar-refractivity contribution is 0.264. The fourth-order valence-electron chi connectivity index (χ4n) is 2.26. The monoisotopic (exact) mass is 301 g/mol. The Balaban J connectivity index is 2.04. The summed E-state index contributed by atoms with van der Waals surface area (Å²) in [5.74, 6) is 0.963. The normalized spacial score (nSPS) is 18.4. The third-order valence-corrected chi connectivity index (χ3v) is 5.71. The van der Waals surface area contributed by atoms with E-state index in [0.717, 1.165) is 12.5 Å². The minimum Gasteiger partial charge on any atom is -0.310 e. The number of aryl methyl sites for hydroxylation is 1. The molecule has 1 nitrogen and oxygen atoms in total. The molecule has 0 saturated heterocycles. The summed E-state index contributed by atoms with van der Waals surface area (Å²) in [5, 5.41) is 3.63. The van der Waals surface area contributed by atoms with Crippen LogP contribution in [0.2, 0.25) is 0 Å². The van der Waals surface area contributed by atoms with Gasteiger partial charge >= 0.3 is 0 Å². The van der Waals surface area contributed by atoms with Crippen LogP contribution >= 0.6 is 27.3 Å². The van der Waals surface area contributed by atoms with Crippen molar-refractivity contribution >= 4 is 27.3 Å². The van der Waals surface area contributed by atoms with Crippen molar-refractivity contribution in [2.45, 2.75) is 45.6 Å². The van der Waals surface area contributed by atoms with Gasteiger partial charge in [-0.25, -0.2) is 0 Å². The number of halogens is 1. The molecule has 0 radical (unpaired) electrons. The highest BCUT2D eigenvalue weighted by molar-refractivity contribution is 9.10. The lowest BCUT2D eigenvalue weighted by Gasteiger charge is -2.29. The van der Waals surface area contributed by atoms with E-state index >= 15 is 0 Å². The van der Waals surface area contributed by atoms with E-state index in [1.807, 2.05) is 11.3 Å². The van der Waals surface area contributed by atoms with E-state index in [9.17, 15) is 0 Å². The van der Waals surface area contributed by atoms with Crippen LogP contribution in [0.3, 0.4) is 0 Å². The Kier molecular flexibility index (Phi) is 4.45. The van der Waals surface area contributed by atoms with E-state index in [2.05, 4.69) is 41.2 Å². The van der Waals surface area contributed by atoms with E-state index in [1.54, 1.807) is 0 Å². The zero-order chi connectivity index (χ0) is 11.5. The molecule has 90 valence electrons. The van der Waals surface area contributed by atoms with Gasteiger partial charge in [-0.1, -0.05) is 26.2 Å². The highest BCUT2D eigenvalue weighted by Crippen LogP contribution is 2.38. The van der Waals surface area contributed by atoms with Gasteiger partial charge < -0.3 is 5.32 Å². The van der Waals surface area contributed by atoms with Gasteiger partial charge in [0.25, 0.3) is 0 Å². The number of hydrogen-bond acceptors (Lipinski definition) is 2. The second-order valence-electron chi connectivity index (χ2n) is 4.70. The average molecular weight is 302 g/mol. The molecule has 1 aliphatic carbocycles. The third-order valence-electron chi connectivity index (χ3n) is 3.46. The lowest BCUT2D eigenvalue weighted by Crippen LogP contribution is -2.25. The van der Waals surface area contributed by atoms with Crippen molar-refractivity contribution in [2.24, 2.45) is 5.92 Å². The fraction of sp³-hybridized carbons (Fsp3) is 0.692. The van der Waals surface area contributed by atoms with Gasteiger partial charge in [-0.2, -0.15) is 0 Å². The molecule has 1 atom stereocenters. The maximum absolute atomic E-state index is 3.63. The lowest BCUT2D eigenvalue weighted by atomic mass is 9.80. The molecule has 1 unspecified atom stereocenters. The van der Waals surface area contributed by atoms with E-state index in [-0.39, 0.29) is 0 Å². The Morgan fingerprint density at radius 3 is 2.75 bits per heavy atom. The smallest absolute Gasteiger partial charge is 0.0417 e. The molecule has 1 saturated carbocycles. The van der Waals surface area contributed by atoms with Crippen molar-refractivity contribution in [2.75, 3.05) is 6.54 Å². The summed E-state index contributed by atoms with van der Waals surface area (Å²) in [5.41, 5.74) is 0. The molecule has 0 aromatic carbocycles. The second kappa shape index (κ2) is 5.65. The maximum atomic E-state index is 3.63. The molecule has 1 aliphatic rings. The molecule has 2 rings (SSSR count). The fourth-order valence-corrected chi connectivity index (χ4v) is 3.91. The molecule has 0 bridgehead atoms. The summed E-state index contributed by atoms with van der Waals surface area (Å²) >= 11 is 5.54. The first kappa shape index (κ1) is 12.6. The van der Waals surface area contributed by atoms with E-state index < -0.39 is 0 Å². The van der Waals surface area contributed by atoms with E-state index in [4.69, 9.17) is 0 Å². The first-order chi connectivity index (χ1) is 7.70. The maximum Gasteiger partial charge on any atom is 0.0417 e. The Morgan fingerprint density at radius 2 is 2.31 bits per heavy atom. The molecular weight excluding hydrogens is 282 g/mol. The van der Waals surface area contributed by atoms with Gasteiger partial charge in [0.2, 0.25) is 0 Å². The molecule has 1 heterocycles. The predicted octanol–water partition coefficient (Wildman–Crippen LogP) is 4.66. The number of rotatable bonds is 5. The van der Waals surface area contributed by atoms with Crippen LogP contribution < -0.4 is 5.32 Å². The van der Waals surface area contributed by atoms with Gasteiger partial charge in [-0.15, -0.1) is 11.3 Å². The van der Waals surface area contributed by atoms with Crippen molar-refractivity contribution < 1.29 is 0 Å². The first-order valence-electron chi connectivity index (χ1n) is 6.20. The van der Waals surface area contributed by atoms with Crippen LogP contribution in [-0.4, -0.2) is 6.54 Å². The molecular formula is C13H20BrNS. The summed E-state index contributed by atoms with van der Waals surface area (Å²) in [7, 11) is 0. The molecule has 1 fully saturated rings. The molecule has 0 spiro atoms. The Bertz CT molecular complexity index is 324. The third kappa shape index (κ3) is 2.88. The Hall–Kier alpha value is 0.140. The van der Waals surface area contributed by atoms with E-state index in [1.165, 1.54) is 39.9 Å². The van der Waals surface area contributed by atoms with Crippen LogP contribution in [0.25, 0.3) is 0 Å². The largest absolute Gasteiger partial charge is 0.310 e. The van der Waals surface area contributed by atoms with Crippen molar-refractivity contribution in [3.63, 3.8) is 0 Å². The van der Waals surface area contributed by atoms with Crippen LogP contribution in [0, 0.1) is 12.8 Å². The van der Waals surface area contributed by atoms with Crippen LogP contribution in [0.1, 0.15) is 48.4 Å². The summed E-state index contributed by atoms with van der Waals surface area (Å²) in [6, 6.07) is 2.87. The minimum atomic E-state index is 0.574. The average Bonchev–Trinajstić information content (AvgIpc) is 2.51. The van der Waals surface area contributed by atoms with Crippen molar-refractivity contribution in [3.05, 3.63) is 20.3 Å². The second-order valence-corrected chi connectivity index (χ2v) is 6.84. The van der Waals surface area contributed by atoms with Gasteiger partial charge in [-0.05, 0) is 47.8 Å². The summed E-state index contributed by atoms with van der Waals surface area (Å²) in [6.07, 6.45) is 5.64. The minimum absolute atomic E-state index is 0.574. The highest BCUT2D eigenvalue weighted by Gasteiger charge is 2.23. The number of nitrogens with one attached hydrogen (secondary N) is 1. The van der Waals surface area contributed by atoms with Gasteiger partial charge in [0.15, 0.2) is 0 Å². The first-order valence-corrected chi connectivity index (χ1v) is 7.81. The zero-order valence-electron chi connectivity index (χ0n) is 10.1. The van der Waals surface area contributed by atoms with E-state index in [0.29, 0.717) is 6.04 Å². The van der Waals surface area contributed by atoms with Gasteiger partial charge in [-0.3, -0.25) is 0 Å².